The van der Waals surface area contributed by atoms with E-state index in [1.165, 1.54) is 0 Å². The standard InChI is InChI=1S/C11HCl23O3S/c12-1(13,2(14,15)4(18,19)6(22,23)8(26,27)10(30,31)32)3(16,17)5(20,21)7(24,25)9(28,29)11(33,34)37-38(35)36/h(H,35,36). The minimum Gasteiger partial charge on any atom is -0.284 e. The van der Waals surface area contributed by atoms with E-state index in [0.717, 1.165) is 0 Å². The van der Waals surface area contributed by atoms with Crippen LogP contribution < -0.4 is 0 Å². The van der Waals surface area contributed by atoms with Crippen LogP contribution in [-0.4, -0.2) is 56.1 Å². The minimum atomic E-state index is -3.42. The van der Waals surface area contributed by atoms with Crippen molar-refractivity contribution in [2.75, 3.05) is 0 Å². The molecule has 0 bridgehead atoms. The van der Waals surface area contributed by atoms with Crippen molar-refractivity contribution in [2.45, 2.75) is 47.3 Å². The van der Waals surface area contributed by atoms with E-state index in [-0.39, 0.29) is 0 Å². The molecule has 0 aromatic carbocycles. The van der Waals surface area contributed by atoms with Gasteiger partial charge in [0.05, 0.1) is 0 Å². The maximum atomic E-state index is 11.1. The fourth-order valence-corrected chi connectivity index (χ4v) is 9.74. The molecule has 1 N–H and O–H groups in total. The summed E-state index contributed by atoms with van der Waals surface area (Å²) < 4.78 is -11.3. The Bertz CT molecular complexity index is 903. The number of rotatable bonds is 11. The van der Waals surface area contributed by atoms with Crippen molar-refractivity contribution in [1.29, 1.82) is 0 Å². The molecule has 0 aromatic rings. The molecule has 0 aliphatic carbocycles. The van der Waals surface area contributed by atoms with Gasteiger partial charge in [-0.1, -0.05) is 267 Å². The van der Waals surface area contributed by atoms with E-state index in [9.17, 15) is 4.21 Å². The zero-order chi connectivity index (χ0) is 31.8. The second kappa shape index (κ2) is 13.6. The summed E-state index contributed by atoms with van der Waals surface area (Å²) in [6, 6.07) is 0. The van der Waals surface area contributed by atoms with Crippen molar-refractivity contribution in [3.05, 3.63) is 0 Å². The molecule has 0 aliphatic heterocycles. The molecule has 0 aromatic heterocycles. The van der Waals surface area contributed by atoms with Crippen molar-refractivity contribution in [2.24, 2.45) is 0 Å². The Kier molecular flexibility index (Phi) is 16.0. The Morgan fingerprint density at radius 1 is 0.368 bits per heavy atom. The summed E-state index contributed by atoms with van der Waals surface area (Å²) in [5.74, 6) is 0. The lowest BCUT2D eigenvalue weighted by Gasteiger charge is -2.56. The monoisotopic (exact) mass is 1020 g/mol. The van der Waals surface area contributed by atoms with Gasteiger partial charge >= 0.3 is 11.4 Å². The molecule has 0 amide bonds. The van der Waals surface area contributed by atoms with Gasteiger partial charge in [-0.05, 0) is 0 Å². The second-order valence-corrected chi connectivity index (χ2v) is 22.6. The molecule has 1 unspecified atom stereocenters. The highest BCUT2D eigenvalue weighted by atomic mass is 35.6. The van der Waals surface area contributed by atoms with E-state index >= 15 is 0 Å². The lowest BCUT2D eigenvalue weighted by atomic mass is 10.00. The molecule has 0 aliphatic rings. The third-order valence-electron chi connectivity index (χ3n) is 4.05. The average molecular weight is 1030 g/mol. The van der Waals surface area contributed by atoms with Crippen LogP contribution in [0, 0.1) is 0 Å². The number of halogens is 23. The van der Waals surface area contributed by atoms with E-state index in [4.69, 9.17) is 271 Å². The zero-order valence-corrected chi connectivity index (χ0v) is 34.1. The van der Waals surface area contributed by atoms with E-state index in [1.807, 2.05) is 0 Å². The molecule has 0 heterocycles. The third-order valence-corrected chi connectivity index (χ3v) is 20.4. The lowest BCUT2D eigenvalue weighted by molar-refractivity contribution is 0.208. The first kappa shape index (κ1) is 44.7. The van der Waals surface area contributed by atoms with Crippen molar-refractivity contribution >= 4 is 278 Å². The first-order valence-corrected chi connectivity index (χ1v) is 17.3. The molecular formula is C11HCl23O3S. The predicted octanol–water partition coefficient (Wildman–Crippen LogP) is 13.2. The van der Waals surface area contributed by atoms with E-state index in [1.54, 1.807) is 0 Å². The molecule has 0 saturated heterocycles. The van der Waals surface area contributed by atoms with Crippen LogP contribution in [-0.2, 0) is 15.5 Å². The van der Waals surface area contributed by atoms with Gasteiger partial charge in [0.25, 0.3) is 4.52 Å². The van der Waals surface area contributed by atoms with Gasteiger partial charge in [0.2, 0.25) is 12.5 Å². The van der Waals surface area contributed by atoms with E-state index in [2.05, 4.69) is 4.18 Å². The predicted molar refractivity (Wildman–Crippen MR) is 177 cm³/mol. The van der Waals surface area contributed by atoms with Gasteiger partial charge in [0, 0.05) is 0 Å². The van der Waals surface area contributed by atoms with Gasteiger partial charge in [0.15, 0.2) is 30.3 Å². The molecular weight excluding hydrogens is 1030 g/mol. The molecule has 38 heavy (non-hydrogen) atoms. The van der Waals surface area contributed by atoms with Gasteiger partial charge in [0.1, 0.15) is 0 Å². The van der Waals surface area contributed by atoms with Crippen LogP contribution in [0.15, 0.2) is 0 Å². The van der Waals surface area contributed by atoms with Gasteiger partial charge in [-0.3, -0.25) is 4.55 Å². The van der Waals surface area contributed by atoms with Crippen LogP contribution in [0.3, 0.4) is 0 Å². The minimum absolute atomic E-state index is 2.77. The molecule has 0 radical (unpaired) electrons. The lowest BCUT2D eigenvalue weighted by Crippen LogP contribution is -2.73. The smallest absolute Gasteiger partial charge is 0.284 e. The number of hydrogen-bond acceptors (Lipinski definition) is 2. The highest BCUT2D eigenvalue weighted by molar-refractivity contribution is 7.74. The summed E-state index contributed by atoms with van der Waals surface area (Å²) >= 11 is 137. The van der Waals surface area contributed by atoms with Crippen LogP contribution in [0.25, 0.3) is 0 Å². The number of hydrogen-bond donors (Lipinski definition) is 1. The molecule has 230 valence electrons. The third kappa shape index (κ3) is 7.19. The van der Waals surface area contributed by atoms with Crippen LogP contribution >= 0.6 is 267 Å². The van der Waals surface area contributed by atoms with Crippen LogP contribution in [0.4, 0.5) is 0 Å². The van der Waals surface area contributed by atoms with Crippen molar-refractivity contribution in [3.63, 3.8) is 0 Å². The molecule has 3 nitrogen and oxygen atoms in total. The topological polar surface area (TPSA) is 46.5 Å². The Labute approximate surface area is 333 Å². The first-order valence-electron chi connectivity index (χ1n) is 7.57. The van der Waals surface area contributed by atoms with Gasteiger partial charge in [-0.2, -0.15) is 4.21 Å². The Morgan fingerprint density at radius 2 is 0.553 bits per heavy atom. The maximum Gasteiger partial charge on any atom is 0.304 e. The SMILES string of the molecule is O=S(O)OC(Cl)(Cl)C(Cl)(Cl)C(Cl)(Cl)C(Cl)(Cl)C(Cl)(Cl)C(Cl)(Cl)C(Cl)(Cl)C(Cl)(Cl)C(Cl)(Cl)C(Cl)(Cl)C(Cl)(Cl)Cl. The summed E-state index contributed by atoms with van der Waals surface area (Å²) in [7, 11) is 0. The molecule has 0 fully saturated rings. The summed E-state index contributed by atoms with van der Waals surface area (Å²) in [6.07, 6.45) is 0. The van der Waals surface area contributed by atoms with Crippen molar-refractivity contribution in [3.8, 4) is 0 Å². The largest absolute Gasteiger partial charge is 0.304 e. The van der Waals surface area contributed by atoms with Crippen molar-refractivity contribution < 1.29 is 12.9 Å². The van der Waals surface area contributed by atoms with Gasteiger partial charge in [-0.15, -0.1) is 0 Å². The van der Waals surface area contributed by atoms with E-state index < -0.39 is 58.7 Å². The average Bonchev–Trinajstić information content (AvgIpc) is 2.64. The fourth-order valence-electron chi connectivity index (χ4n) is 1.88. The first-order chi connectivity index (χ1) is 15.9. The summed E-state index contributed by atoms with van der Waals surface area (Å²) in [5, 5.41) is 0. The molecule has 0 rings (SSSR count). The summed E-state index contributed by atoms with van der Waals surface area (Å²) in [4.78, 5) is 0. The zero-order valence-electron chi connectivity index (χ0n) is 15.9. The van der Waals surface area contributed by atoms with Crippen LogP contribution in [0.1, 0.15) is 0 Å². The Morgan fingerprint density at radius 3 is 0.737 bits per heavy atom. The van der Waals surface area contributed by atoms with Crippen LogP contribution in [0.5, 0.6) is 0 Å². The van der Waals surface area contributed by atoms with Gasteiger partial charge in [-0.25, -0.2) is 4.18 Å². The molecule has 0 saturated carbocycles. The second-order valence-electron chi connectivity index (χ2n) is 6.48. The highest BCUT2D eigenvalue weighted by Crippen LogP contribution is 2.75. The van der Waals surface area contributed by atoms with E-state index in [0.29, 0.717) is 0 Å². The molecule has 0 spiro atoms. The summed E-state index contributed by atoms with van der Waals surface area (Å²) in [6.45, 7) is 0. The quantitative estimate of drug-likeness (QED) is 0.166. The molecule has 1 atom stereocenters. The van der Waals surface area contributed by atoms with Crippen LogP contribution in [0.2, 0.25) is 0 Å². The highest BCUT2D eigenvalue weighted by Gasteiger charge is 2.84. The molecule has 27 heteroatoms. The summed E-state index contributed by atoms with van der Waals surface area (Å²) in [5.41, 5.74) is 0. The maximum absolute atomic E-state index is 11.1. The van der Waals surface area contributed by atoms with Gasteiger partial charge < -0.3 is 0 Å². The normalized spacial score (nSPS) is 17.6. The Hall–Kier alpha value is 6.74. The van der Waals surface area contributed by atoms with Crippen molar-refractivity contribution in [1.82, 2.24) is 0 Å². The Balaban J connectivity index is 7.20. The fraction of sp³-hybridized carbons (Fsp3) is 1.00. The number of alkyl halides is 23.